The van der Waals surface area contributed by atoms with Gasteiger partial charge in [-0.2, -0.15) is 0 Å². The minimum absolute atomic E-state index is 0.00864. The first kappa shape index (κ1) is 21.8. The van der Waals surface area contributed by atoms with E-state index in [-0.39, 0.29) is 32.8 Å². The summed E-state index contributed by atoms with van der Waals surface area (Å²) in [5.41, 5.74) is 0. The largest absolute Gasteiger partial charge is 0.508 e. The Morgan fingerprint density at radius 2 is 1.39 bits per heavy atom. The van der Waals surface area contributed by atoms with Crippen molar-refractivity contribution in [3.63, 3.8) is 0 Å². The maximum atomic E-state index is 12.4. The van der Waals surface area contributed by atoms with Crippen LogP contribution in [0, 0.1) is 5.92 Å². The summed E-state index contributed by atoms with van der Waals surface area (Å²) in [7, 11) is 0. The summed E-state index contributed by atoms with van der Waals surface area (Å²) in [4.78, 5) is 46.5. The van der Waals surface area contributed by atoms with Gasteiger partial charge in [-0.25, -0.2) is 9.59 Å². The first-order chi connectivity index (χ1) is 13.5. The molecule has 0 N–H and O–H groups in total. The molecule has 10 nitrogen and oxygen atoms in total. The van der Waals surface area contributed by atoms with Crippen molar-refractivity contribution in [3.8, 4) is 0 Å². The molecule has 0 aromatic heterocycles. The number of unbranched alkanes of at least 4 members (excludes halogenated alkanes) is 4. The maximum absolute atomic E-state index is 12.4. The number of ether oxygens (including phenoxy) is 6. The van der Waals surface area contributed by atoms with Crippen LogP contribution in [-0.4, -0.2) is 62.9 Å². The van der Waals surface area contributed by atoms with E-state index >= 15 is 0 Å². The summed E-state index contributed by atoms with van der Waals surface area (Å²) >= 11 is 0. The summed E-state index contributed by atoms with van der Waals surface area (Å²) < 4.78 is 29.0. The summed E-state index contributed by atoms with van der Waals surface area (Å²) in [6, 6.07) is 0. The predicted molar refractivity (Wildman–Crippen MR) is 91.2 cm³/mol. The van der Waals surface area contributed by atoms with Gasteiger partial charge in [-0.15, -0.1) is 0 Å². The van der Waals surface area contributed by atoms with E-state index in [1.807, 2.05) is 0 Å². The van der Waals surface area contributed by atoms with Crippen molar-refractivity contribution in [1.29, 1.82) is 0 Å². The minimum Gasteiger partial charge on any atom is -0.461 e. The van der Waals surface area contributed by atoms with Gasteiger partial charge in [-0.3, -0.25) is 9.59 Å². The Bertz CT molecular complexity index is 519. The zero-order valence-corrected chi connectivity index (χ0v) is 15.9. The van der Waals surface area contributed by atoms with Crippen LogP contribution < -0.4 is 0 Å². The van der Waals surface area contributed by atoms with Crippen molar-refractivity contribution in [2.24, 2.45) is 5.92 Å². The normalized spacial score (nSPS) is 21.9. The highest BCUT2D eigenvalue weighted by molar-refractivity contribution is 5.94. The third-order valence-corrected chi connectivity index (χ3v) is 4.29. The third-order valence-electron chi connectivity index (χ3n) is 4.29. The number of cyclic esters (lactones) is 4. The van der Waals surface area contributed by atoms with E-state index in [2.05, 4.69) is 16.4 Å². The third kappa shape index (κ3) is 7.24. The number of esters is 2. The standard InChI is InChI=1S/C18H26O10/c1-2-3-4-5-6-7-14(15(19)23-8-12-10-25-17(21)27-12)16(20)24-9-13-11-26-18(22)28-13/h12-14H,2-11H2,1H3. The van der Waals surface area contributed by atoms with Crippen LogP contribution in [0.5, 0.6) is 0 Å². The Hall–Kier alpha value is -2.52. The zero-order valence-electron chi connectivity index (χ0n) is 15.9. The lowest BCUT2D eigenvalue weighted by Gasteiger charge is -2.17. The second-order valence-electron chi connectivity index (χ2n) is 6.62. The Balaban J connectivity index is 1.81. The molecule has 2 saturated heterocycles. The van der Waals surface area contributed by atoms with Gasteiger partial charge < -0.3 is 28.4 Å². The lowest BCUT2D eigenvalue weighted by molar-refractivity contribution is -0.165. The Kier molecular flexibility index (Phi) is 8.83. The van der Waals surface area contributed by atoms with Crippen molar-refractivity contribution in [2.45, 2.75) is 57.7 Å². The van der Waals surface area contributed by atoms with E-state index < -0.39 is 42.4 Å². The molecule has 2 rings (SSSR count). The van der Waals surface area contributed by atoms with Crippen LogP contribution in [0.1, 0.15) is 45.4 Å². The average molecular weight is 402 g/mol. The average Bonchev–Trinajstić information content (AvgIpc) is 3.28. The zero-order chi connectivity index (χ0) is 20.4. The molecular formula is C18H26O10. The van der Waals surface area contributed by atoms with Crippen LogP contribution >= 0.6 is 0 Å². The molecule has 0 aromatic carbocycles. The fourth-order valence-corrected chi connectivity index (χ4v) is 2.73. The predicted octanol–water partition coefficient (Wildman–Crippen LogP) is 2.12. The monoisotopic (exact) mass is 402 g/mol. The molecule has 0 spiro atoms. The first-order valence-electron chi connectivity index (χ1n) is 9.49. The molecule has 0 saturated carbocycles. The van der Waals surface area contributed by atoms with Crippen LogP contribution in [0.25, 0.3) is 0 Å². The van der Waals surface area contributed by atoms with Crippen LogP contribution in [0.3, 0.4) is 0 Å². The summed E-state index contributed by atoms with van der Waals surface area (Å²) in [6.07, 6.45) is 1.99. The van der Waals surface area contributed by atoms with Gasteiger partial charge in [-0.05, 0) is 6.42 Å². The van der Waals surface area contributed by atoms with Crippen LogP contribution in [0.15, 0.2) is 0 Å². The summed E-state index contributed by atoms with van der Waals surface area (Å²) in [6.45, 7) is 1.68. The second-order valence-corrected chi connectivity index (χ2v) is 6.62. The summed E-state index contributed by atoms with van der Waals surface area (Å²) in [5, 5.41) is 0. The topological polar surface area (TPSA) is 124 Å². The molecular weight excluding hydrogens is 376 g/mol. The second kappa shape index (κ2) is 11.4. The van der Waals surface area contributed by atoms with Crippen molar-refractivity contribution < 1.29 is 47.6 Å². The molecule has 0 bridgehead atoms. The van der Waals surface area contributed by atoms with Gasteiger partial charge >= 0.3 is 24.2 Å². The molecule has 2 aliphatic rings. The molecule has 0 aliphatic carbocycles. The van der Waals surface area contributed by atoms with Crippen molar-refractivity contribution in [1.82, 2.24) is 0 Å². The molecule has 10 heteroatoms. The molecule has 0 amide bonds. The highest BCUT2D eigenvalue weighted by atomic mass is 16.8. The van der Waals surface area contributed by atoms with E-state index in [0.29, 0.717) is 6.42 Å². The highest BCUT2D eigenvalue weighted by Gasteiger charge is 2.34. The lowest BCUT2D eigenvalue weighted by Crippen LogP contribution is -2.32. The number of carbonyl (C=O) groups excluding carboxylic acids is 4. The van der Waals surface area contributed by atoms with Gasteiger partial charge in [0.25, 0.3) is 0 Å². The lowest BCUT2D eigenvalue weighted by atomic mass is 10.0. The molecule has 2 fully saturated rings. The molecule has 2 aliphatic heterocycles. The first-order valence-corrected chi connectivity index (χ1v) is 9.49. The van der Waals surface area contributed by atoms with E-state index in [0.717, 1.165) is 25.7 Å². The van der Waals surface area contributed by atoms with Crippen LogP contribution in [0.4, 0.5) is 9.59 Å². The van der Waals surface area contributed by atoms with Crippen molar-refractivity contribution in [3.05, 3.63) is 0 Å². The molecule has 28 heavy (non-hydrogen) atoms. The Labute approximate surface area is 162 Å². The molecule has 2 atom stereocenters. The van der Waals surface area contributed by atoms with Crippen LogP contribution in [0.2, 0.25) is 0 Å². The molecule has 0 radical (unpaired) electrons. The molecule has 0 aromatic rings. The van der Waals surface area contributed by atoms with Gasteiger partial charge in [0.15, 0.2) is 18.1 Å². The fourth-order valence-electron chi connectivity index (χ4n) is 2.73. The SMILES string of the molecule is CCCCCCCC(C(=O)OCC1COC(=O)O1)C(=O)OCC1COC(=O)O1. The van der Waals surface area contributed by atoms with Gasteiger partial charge in [0.05, 0.1) is 0 Å². The maximum Gasteiger partial charge on any atom is 0.508 e. The number of hydrogen-bond acceptors (Lipinski definition) is 10. The number of rotatable bonds is 12. The van der Waals surface area contributed by atoms with Gasteiger partial charge in [0.1, 0.15) is 26.4 Å². The fraction of sp³-hybridized carbons (Fsp3) is 0.778. The summed E-state index contributed by atoms with van der Waals surface area (Å²) in [5.74, 6) is -2.59. The van der Waals surface area contributed by atoms with Gasteiger partial charge in [-0.1, -0.05) is 39.0 Å². The van der Waals surface area contributed by atoms with Gasteiger partial charge in [0, 0.05) is 0 Å². The smallest absolute Gasteiger partial charge is 0.461 e. The van der Waals surface area contributed by atoms with Crippen molar-refractivity contribution >= 4 is 24.2 Å². The van der Waals surface area contributed by atoms with Crippen LogP contribution in [-0.2, 0) is 38.0 Å². The molecule has 2 unspecified atom stereocenters. The Morgan fingerprint density at radius 3 is 1.82 bits per heavy atom. The Morgan fingerprint density at radius 1 is 0.893 bits per heavy atom. The van der Waals surface area contributed by atoms with Gasteiger partial charge in [0.2, 0.25) is 0 Å². The van der Waals surface area contributed by atoms with E-state index in [1.165, 1.54) is 0 Å². The number of carbonyl (C=O) groups is 4. The van der Waals surface area contributed by atoms with E-state index in [1.54, 1.807) is 0 Å². The minimum atomic E-state index is -1.10. The van der Waals surface area contributed by atoms with E-state index in [4.69, 9.17) is 18.9 Å². The van der Waals surface area contributed by atoms with E-state index in [9.17, 15) is 19.2 Å². The quantitative estimate of drug-likeness (QED) is 0.207. The van der Waals surface area contributed by atoms with Crippen molar-refractivity contribution in [2.75, 3.05) is 26.4 Å². The highest BCUT2D eigenvalue weighted by Crippen LogP contribution is 2.17. The molecule has 158 valence electrons. The molecule has 2 heterocycles. The number of hydrogen-bond donors (Lipinski definition) is 0.